The van der Waals surface area contributed by atoms with E-state index in [0.717, 1.165) is 23.4 Å². The highest BCUT2D eigenvalue weighted by Crippen LogP contribution is 2.39. The lowest BCUT2D eigenvalue weighted by molar-refractivity contribution is -0.384. The van der Waals surface area contributed by atoms with Crippen LogP contribution in [-0.2, 0) is 17.8 Å². The van der Waals surface area contributed by atoms with Gasteiger partial charge in [0.05, 0.1) is 31.1 Å². The third-order valence-electron chi connectivity index (χ3n) is 7.30. The zero-order chi connectivity index (χ0) is 26.8. The summed E-state index contributed by atoms with van der Waals surface area (Å²) in [6.45, 7) is 2.67. The van der Waals surface area contributed by atoms with Crippen LogP contribution in [0.1, 0.15) is 11.1 Å². The number of amides is 1. The van der Waals surface area contributed by atoms with E-state index in [1.54, 1.807) is 49.6 Å². The van der Waals surface area contributed by atoms with Crippen molar-refractivity contribution < 1.29 is 23.6 Å². The zero-order valence-corrected chi connectivity index (χ0v) is 21.2. The molecule has 5 rings (SSSR count). The number of hydrogen-bond acceptors (Lipinski definition) is 7. The van der Waals surface area contributed by atoms with E-state index in [1.165, 1.54) is 25.3 Å². The van der Waals surface area contributed by atoms with Crippen molar-refractivity contribution in [2.45, 2.75) is 19.0 Å². The first-order chi connectivity index (χ1) is 18.4. The normalized spacial score (nSPS) is 18.8. The molecule has 3 aromatic carbocycles. The van der Waals surface area contributed by atoms with Crippen molar-refractivity contribution in [2.24, 2.45) is 5.92 Å². The van der Waals surface area contributed by atoms with Gasteiger partial charge in [-0.1, -0.05) is 12.1 Å². The molecule has 0 aliphatic carbocycles. The summed E-state index contributed by atoms with van der Waals surface area (Å²) in [5, 5.41) is 14.5. The molecule has 2 aliphatic heterocycles. The predicted molar refractivity (Wildman–Crippen MR) is 141 cm³/mol. The molecule has 9 nitrogen and oxygen atoms in total. The monoisotopic (exact) mass is 520 g/mol. The molecular weight excluding hydrogens is 491 g/mol. The largest absolute Gasteiger partial charge is 0.493 e. The van der Waals surface area contributed by atoms with Crippen LogP contribution in [0.25, 0.3) is 0 Å². The third-order valence-corrected chi connectivity index (χ3v) is 7.30. The summed E-state index contributed by atoms with van der Waals surface area (Å²) in [6, 6.07) is 16.4. The lowest BCUT2D eigenvalue weighted by Gasteiger charge is -2.49. The van der Waals surface area contributed by atoms with Gasteiger partial charge in [-0.2, -0.15) is 0 Å². The highest BCUT2D eigenvalue weighted by molar-refractivity contribution is 5.94. The Morgan fingerprint density at radius 3 is 2.53 bits per heavy atom. The van der Waals surface area contributed by atoms with Crippen molar-refractivity contribution in [2.75, 3.05) is 44.1 Å². The lowest BCUT2D eigenvalue weighted by Crippen LogP contribution is -2.60. The van der Waals surface area contributed by atoms with Gasteiger partial charge in [-0.05, 0) is 47.9 Å². The fourth-order valence-electron chi connectivity index (χ4n) is 5.42. The molecule has 3 aromatic rings. The van der Waals surface area contributed by atoms with Crippen LogP contribution in [0.2, 0.25) is 0 Å². The molecular formula is C28H29FN4O5. The first-order valence-corrected chi connectivity index (χ1v) is 12.4. The molecule has 1 amide bonds. The minimum absolute atomic E-state index is 0.0104. The molecule has 1 saturated heterocycles. The molecule has 0 aromatic heterocycles. The Kier molecular flexibility index (Phi) is 7.15. The summed E-state index contributed by atoms with van der Waals surface area (Å²) in [7, 11) is 3.08. The highest BCUT2D eigenvalue weighted by atomic mass is 19.1. The van der Waals surface area contributed by atoms with Gasteiger partial charge in [0, 0.05) is 55.8 Å². The Bertz CT molecular complexity index is 1350. The van der Waals surface area contributed by atoms with Crippen LogP contribution in [0, 0.1) is 21.8 Å². The van der Waals surface area contributed by atoms with Crippen LogP contribution in [0.3, 0.4) is 0 Å². The van der Waals surface area contributed by atoms with Crippen molar-refractivity contribution in [3.05, 3.63) is 87.7 Å². The quantitative estimate of drug-likeness (QED) is 0.367. The van der Waals surface area contributed by atoms with E-state index in [1.807, 2.05) is 0 Å². The predicted octanol–water partition coefficient (Wildman–Crippen LogP) is 4.25. The van der Waals surface area contributed by atoms with Crippen molar-refractivity contribution in [3.8, 4) is 11.5 Å². The topological polar surface area (TPSA) is 97.2 Å². The number of nitrogens with one attached hydrogen (secondary N) is 1. The standard InChI is InChI=1S/C28H29FN4O5/c1-37-26-10-7-21(15-27(26)38-2)30-28(34)23-14-19-13-22(33(35)36)8-9-24(19)32-12-11-31(17-25(23)32)16-18-3-5-20(29)6-4-18/h3-10,13,15,23,25H,11-12,14,16-17H2,1-2H3,(H,30,34). The van der Waals surface area contributed by atoms with Crippen molar-refractivity contribution in [1.29, 1.82) is 0 Å². The molecule has 1 fully saturated rings. The molecule has 2 aliphatic rings. The number of nitro benzene ring substituents is 1. The summed E-state index contributed by atoms with van der Waals surface area (Å²) in [5.74, 6) is 0.157. The molecule has 38 heavy (non-hydrogen) atoms. The van der Waals surface area contributed by atoms with E-state index in [-0.39, 0.29) is 23.5 Å². The second-order valence-electron chi connectivity index (χ2n) is 9.56. The molecule has 10 heteroatoms. The number of rotatable bonds is 7. The van der Waals surface area contributed by atoms with Gasteiger partial charge in [0.1, 0.15) is 5.82 Å². The number of hydrogen-bond donors (Lipinski definition) is 1. The number of non-ortho nitro benzene ring substituents is 1. The van der Waals surface area contributed by atoms with E-state index >= 15 is 0 Å². The Hall–Kier alpha value is -4.18. The van der Waals surface area contributed by atoms with Crippen LogP contribution >= 0.6 is 0 Å². The Morgan fingerprint density at radius 2 is 1.82 bits per heavy atom. The zero-order valence-electron chi connectivity index (χ0n) is 21.2. The average molecular weight is 521 g/mol. The molecule has 0 radical (unpaired) electrons. The number of halogens is 1. The number of anilines is 2. The minimum Gasteiger partial charge on any atom is -0.493 e. The Labute approximate surface area is 219 Å². The second-order valence-corrected chi connectivity index (χ2v) is 9.56. The van der Waals surface area contributed by atoms with Gasteiger partial charge >= 0.3 is 0 Å². The van der Waals surface area contributed by atoms with Crippen molar-refractivity contribution in [3.63, 3.8) is 0 Å². The average Bonchev–Trinajstić information content (AvgIpc) is 2.93. The molecule has 198 valence electrons. The fourth-order valence-corrected chi connectivity index (χ4v) is 5.42. The Morgan fingerprint density at radius 1 is 1.05 bits per heavy atom. The van der Waals surface area contributed by atoms with E-state index < -0.39 is 10.8 Å². The highest BCUT2D eigenvalue weighted by Gasteiger charge is 2.42. The van der Waals surface area contributed by atoms with E-state index in [4.69, 9.17) is 9.47 Å². The van der Waals surface area contributed by atoms with Gasteiger partial charge in [0.25, 0.3) is 5.69 Å². The third kappa shape index (κ3) is 5.12. The van der Waals surface area contributed by atoms with Gasteiger partial charge < -0.3 is 19.7 Å². The van der Waals surface area contributed by atoms with Crippen molar-refractivity contribution in [1.82, 2.24) is 4.90 Å². The summed E-state index contributed by atoms with van der Waals surface area (Å²) in [6.07, 6.45) is 0.377. The smallest absolute Gasteiger partial charge is 0.269 e. The van der Waals surface area contributed by atoms with Gasteiger partial charge in [0.2, 0.25) is 5.91 Å². The second kappa shape index (κ2) is 10.7. The molecule has 1 N–H and O–H groups in total. The van der Waals surface area contributed by atoms with Crippen LogP contribution in [0.4, 0.5) is 21.5 Å². The van der Waals surface area contributed by atoms with Crippen LogP contribution in [-0.4, -0.2) is 55.6 Å². The number of nitro groups is 1. The maximum atomic E-state index is 13.7. The molecule has 0 saturated carbocycles. The summed E-state index contributed by atoms with van der Waals surface area (Å²) < 4.78 is 24.1. The molecule has 2 atom stereocenters. The summed E-state index contributed by atoms with van der Waals surface area (Å²) >= 11 is 0. The summed E-state index contributed by atoms with van der Waals surface area (Å²) in [4.78, 5) is 29.2. The number of ether oxygens (including phenoxy) is 2. The maximum Gasteiger partial charge on any atom is 0.269 e. The van der Waals surface area contributed by atoms with Gasteiger partial charge in [0.15, 0.2) is 11.5 Å². The number of fused-ring (bicyclic) bond motifs is 3. The first kappa shape index (κ1) is 25.5. The molecule has 0 spiro atoms. The number of benzene rings is 3. The van der Waals surface area contributed by atoms with E-state index in [9.17, 15) is 19.3 Å². The van der Waals surface area contributed by atoms with E-state index in [2.05, 4.69) is 15.1 Å². The molecule has 2 heterocycles. The maximum absolute atomic E-state index is 13.7. The van der Waals surface area contributed by atoms with E-state index in [0.29, 0.717) is 43.2 Å². The molecule has 2 unspecified atom stereocenters. The number of carbonyl (C=O) groups excluding carboxylic acids is 1. The van der Waals surface area contributed by atoms with Crippen LogP contribution in [0.15, 0.2) is 60.7 Å². The number of piperazine rings is 1. The fraction of sp³-hybridized carbons (Fsp3) is 0.321. The van der Waals surface area contributed by atoms with Crippen LogP contribution in [0.5, 0.6) is 11.5 Å². The van der Waals surface area contributed by atoms with Crippen molar-refractivity contribution >= 4 is 23.0 Å². The molecule has 0 bridgehead atoms. The first-order valence-electron chi connectivity index (χ1n) is 12.4. The number of methoxy groups -OCH3 is 2. The minimum atomic E-state index is -0.450. The van der Waals surface area contributed by atoms with Gasteiger partial charge in [-0.3, -0.25) is 19.8 Å². The lowest BCUT2D eigenvalue weighted by atomic mass is 9.83. The number of nitrogens with zero attached hydrogens (tertiary/aromatic N) is 3. The van der Waals surface area contributed by atoms with Gasteiger partial charge in [-0.15, -0.1) is 0 Å². The number of carbonyl (C=O) groups is 1. The SMILES string of the molecule is COc1ccc(NC(=O)C2Cc3cc([N+](=O)[O-])ccc3N3CCN(Cc4ccc(F)cc4)CC23)cc1OC. The van der Waals surface area contributed by atoms with Crippen LogP contribution < -0.4 is 19.7 Å². The Balaban J connectivity index is 1.43. The van der Waals surface area contributed by atoms with Gasteiger partial charge in [-0.25, -0.2) is 4.39 Å². The summed E-state index contributed by atoms with van der Waals surface area (Å²) in [5.41, 5.74) is 3.30.